The van der Waals surface area contributed by atoms with Gasteiger partial charge in [0.05, 0.1) is 23.4 Å². The van der Waals surface area contributed by atoms with Crippen LogP contribution in [-0.4, -0.2) is 43.2 Å². The molecule has 1 fully saturated rings. The van der Waals surface area contributed by atoms with Gasteiger partial charge in [0.25, 0.3) is 5.56 Å². The zero-order valence-electron chi connectivity index (χ0n) is 8.01. The SMILES string of the molecule is O=c1cc(N2CCS(=O)(=O)CC2)cn[nH]1. The maximum Gasteiger partial charge on any atom is 0.266 e. The quantitative estimate of drug-likeness (QED) is 0.668. The van der Waals surface area contributed by atoms with Crippen molar-refractivity contribution in [2.45, 2.75) is 0 Å². The first-order valence-corrected chi connectivity index (χ1v) is 6.39. The lowest BCUT2D eigenvalue weighted by atomic mass is 10.4. The molecule has 7 heteroatoms. The van der Waals surface area contributed by atoms with E-state index in [1.165, 1.54) is 12.3 Å². The van der Waals surface area contributed by atoms with Gasteiger partial charge in [0.15, 0.2) is 9.84 Å². The fraction of sp³-hybridized carbons (Fsp3) is 0.500. The van der Waals surface area contributed by atoms with Crippen molar-refractivity contribution in [3.05, 3.63) is 22.6 Å². The predicted octanol–water partition coefficient (Wildman–Crippen LogP) is -0.995. The van der Waals surface area contributed by atoms with Gasteiger partial charge in [-0.15, -0.1) is 0 Å². The monoisotopic (exact) mass is 229 g/mol. The Bertz CT molecular complexity index is 494. The first kappa shape index (κ1) is 10.2. The third-order valence-electron chi connectivity index (χ3n) is 2.36. The Hall–Kier alpha value is -1.37. The summed E-state index contributed by atoms with van der Waals surface area (Å²) in [6.45, 7) is 0.848. The molecule has 0 unspecified atom stereocenters. The maximum atomic E-state index is 11.2. The fourth-order valence-corrected chi connectivity index (χ4v) is 2.71. The van der Waals surface area contributed by atoms with Crippen molar-refractivity contribution in [3.8, 4) is 0 Å². The van der Waals surface area contributed by atoms with Crippen LogP contribution in [-0.2, 0) is 9.84 Å². The molecule has 0 aromatic carbocycles. The second-order valence-electron chi connectivity index (χ2n) is 3.44. The molecule has 2 heterocycles. The summed E-state index contributed by atoms with van der Waals surface area (Å²) in [6.07, 6.45) is 1.53. The van der Waals surface area contributed by atoms with Crippen molar-refractivity contribution < 1.29 is 8.42 Å². The Morgan fingerprint density at radius 2 is 2.00 bits per heavy atom. The molecule has 1 aliphatic rings. The number of H-pyrrole nitrogens is 1. The minimum Gasteiger partial charge on any atom is -0.368 e. The van der Waals surface area contributed by atoms with Crippen molar-refractivity contribution in [1.82, 2.24) is 10.2 Å². The number of sulfone groups is 1. The average molecular weight is 229 g/mol. The summed E-state index contributed by atoms with van der Waals surface area (Å²) in [4.78, 5) is 12.8. The number of hydrogen-bond donors (Lipinski definition) is 1. The van der Waals surface area contributed by atoms with E-state index in [2.05, 4.69) is 10.2 Å². The summed E-state index contributed by atoms with van der Waals surface area (Å²) in [5.74, 6) is 0.277. The highest BCUT2D eigenvalue weighted by atomic mass is 32.2. The maximum absolute atomic E-state index is 11.2. The van der Waals surface area contributed by atoms with E-state index in [4.69, 9.17) is 0 Å². The molecule has 6 nitrogen and oxygen atoms in total. The number of anilines is 1. The van der Waals surface area contributed by atoms with Crippen LogP contribution >= 0.6 is 0 Å². The van der Waals surface area contributed by atoms with Gasteiger partial charge in [0.1, 0.15) is 0 Å². The van der Waals surface area contributed by atoms with Crippen LogP contribution in [0.5, 0.6) is 0 Å². The minimum atomic E-state index is -2.88. The van der Waals surface area contributed by atoms with Crippen molar-refractivity contribution in [1.29, 1.82) is 0 Å². The summed E-state index contributed by atoms with van der Waals surface area (Å²) in [5.41, 5.74) is 0.398. The van der Waals surface area contributed by atoms with Crippen LogP contribution in [0.4, 0.5) is 5.69 Å². The van der Waals surface area contributed by atoms with Gasteiger partial charge in [0, 0.05) is 19.2 Å². The van der Waals surface area contributed by atoms with Crippen LogP contribution in [0, 0.1) is 0 Å². The number of hydrogen-bond acceptors (Lipinski definition) is 5. The van der Waals surface area contributed by atoms with Crippen LogP contribution in [0.2, 0.25) is 0 Å². The van der Waals surface area contributed by atoms with E-state index in [1.54, 1.807) is 0 Å². The summed E-state index contributed by atoms with van der Waals surface area (Å²) in [7, 11) is -2.88. The molecule has 1 aliphatic heterocycles. The molecule has 0 bridgehead atoms. The topological polar surface area (TPSA) is 83.1 Å². The Kier molecular flexibility index (Phi) is 2.47. The molecule has 0 amide bonds. The van der Waals surface area contributed by atoms with Gasteiger partial charge in [-0.1, -0.05) is 0 Å². The Morgan fingerprint density at radius 3 is 2.60 bits per heavy atom. The summed E-state index contributed by atoms with van der Waals surface area (Å²) >= 11 is 0. The highest BCUT2D eigenvalue weighted by Crippen LogP contribution is 2.13. The van der Waals surface area contributed by atoms with Crippen LogP contribution in [0.1, 0.15) is 0 Å². The van der Waals surface area contributed by atoms with Crippen LogP contribution in [0.15, 0.2) is 17.1 Å². The standard InChI is InChI=1S/C8H11N3O3S/c12-8-5-7(6-9-10-8)11-1-3-15(13,14)4-2-11/h5-6H,1-4H2,(H,10,12). The number of rotatable bonds is 1. The van der Waals surface area contributed by atoms with Crippen LogP contribution in [0.25, 0.3) is 0 Å². The Labute approximate surface area is 86.8 Å². The van der Waals surface area contributed by atoms with E-state index < -0.39 is 9.84 Å². The van der Waals surface area contributed by atoms with Gasteiger partial charge in [-0.25, -0.2) is 13.5 Å². The molecule has 0 saturated carbocycles. The number of nitrogens with one attached hydrogen (secondary N) is 1. The second kappa shape index (κ2) is 3.65. The molecule has 2 rings (SSSR count). The van der Waals surface area contributed by atoms with Gasteiger partial charge in [-0.2, -0.15) is 5.10 Å². The first-order chi connectivity index (χ1) is 7.07. The zero-order valence-corrected chi connectivity index (χ0v) is 8.83. The van der Waals surface area contributed by atoms with Crippen molar-refractivity contribution in [3.63, 3.8) is 0 Å². The molecule has 82 valence electrons. The molecular formula is C8H11N3O3S. The second-order valence-corrected chi connectivity index (χ2v) is 5.75. The third kappa shape index (κ3) is 2.35. The largest absolute Gasteiger partial charge is 0.368 e. The molecular weight excluding hydrogens is 218 g/mol. The predicted molar refractivity (Wildman–Crippen MR) is 55.7 cm³/mol. The van der Waals surface area contributed by atoms with E-state index in [9.17, 15) is 13.2 Å². The lowest BCUT2D eigenvalue weighted by Gasteiger charge is -2.27. The van der Waals surface area contributed by atoms with E-state index in [0.29, 0.717) is 18.8 Å². The highest BCUT2D eigenvalue weighted by Gasteiger charge is 2.21. The molecule has 0 atom stereocenters. The van der Waals surface area contributed by atoms with Gasteiger partial charge in [-0.3, -0.25) is 4.79 Å². The lowest BCUT2D eigenvalue weighted by molar-refractivity contribution is 0.586. The number of aromatic nitrogens is 2. The van der Waals surface area contributed by atoms with Crippen molar-refractivity contribution >= 4 is 15.5 Å². The molecule has 1 aromatic heterocycles. The van der Waals surface area contributed by atoms with E-state index in [0.717, 1.165) is 0 Å². The van der Waals surface area contributed by atoms with Crippen molar-refractivity contribution in [2.24, 2.45) is 0 Å². The van der Waals surface area contributed by atoms with E-state index >= 15 is 0 Å². The summed E-state index contributed by atoms with van der Waals surface area (Å²) in [6, 6.07) is 1.42. The molecule has 1 aromatic rings. The number of nitrogens with zero attached hydrogens (tertiary/aromatic N) is 2. The molecule has 15 heavy (non-hydrogen) atoms. The summed E-state index contributed by atoms with van der Waals surface area (Å²) < 4.78 is 22.4. The molecule has 0 radical (unpaired) electrons. The molecule has 1 saturated heterocycles. The molecule has 1 N–H and O–H groups in total. The highest BCUT2D eigenvalue weighted by molar-refractivity contribution is 7.91. The summed E-state index contributed by atoms with van der Waals surface area (Å²) in [5, 5.41) is 5.94. The fourth-order valence-electron chi connectivity index (χ4n) is 1.51. The zero-order chi connectivity index (χ0) is 10.9. The van der Waals surface area contributed by atoms with Gasteiger partial charge in [-0.05, 0) is 0 Å². The Morgan fingerprint density at radius 1 is 1.33 bits per heavy atom. The lowest BCUT2D eigenvalue weighted by Crippen LogP contribution is -2.40. The van der Waals surface area contributed by atoms with E-state index in [1.807, 2.05) is 4.90 Å². The van der Waals surface area contributed by atoms with Gasteiger partial charge < -0.3 is 4.90 Å². The average Bonchev–Trinajstić information content (AvgIpc) is 2.17. The van der Waals surface area contributed by atoms with Crippen LogP contribution in [0.3, 0.4) is 0 Å². The van der Waals surface area contributed by atoms with Crippen LogP contribution < -0.4 is 10.5 Å². The molecule has 0 spiro atoms. The smallest absolute Gasteiger partial charge is 0.266 e. The van der Waals surface area contributed by atoms with Gasteiger partial charge >= 0.3 is 0 Å². The third-order valence-corrected chi connectivity index (χ3v) is 3.97. The van der Waals surface area contributed by atoms with Gasteiger partial charge in [0.2, 0.25) is 0 Å². The first-order valence-electron chi connectivity index (χ1n) is 4.57. The van der Waals surface area contributed by atoms with E-state index in [-0.39, 0.29) is 17.1 Å². The Balaban J connectivity index is 2.18. The minimum absolute atomic E-state index is 0.139. The normalized spacial score (nSPS) is 20.1. The number of aromatic amines is 1. The van der Waals surface area contributed by atoms with Crippen molar-refractivity contribution in [2.75, 3.05) is 29.5 Å². The molecule has 0 aliphatic carbocycles.